The fourth-order valence-electron chi connectivity index (χ4n) is 3.59. The Bertz CT molecular complexity index is 1430. The first kappa shape index (κ1) is 27.9. The van der Waals surface area contributed by atoms with E-state index in [1.807, 2.05) is 37.3 Å². The number of carbonyl (C=O) groups excluding carboxylic acids is 2. The molecule has 0 aromatic heterocycles. The van der Waals surface area contributed by atoms with E-state index in [2.05, 4.69) is 10.5 Å². The third-order valence-electron chi connectivity index (χ3n) is 5.70. The Morgan fingerprint density at radius 2 is 1.48 bits per heavy atom. The van der Waals surface area contributed by atoms with Crippen molar-refractivity contribution in [2.24, 2.45) is 5.10 Å². The molecule has 40 heavy (non-hydrogen) atoms. The lowest BCUT2D eigenvalue weighted by molar-refractivity contribution is 0.0729. The topological polar surface area (TPSA) is 95.5 Å². The Labute approximate surface area is 233 Å². The highest BCUT2D eigenvalue weighted by Crippen LogP contribution is 2.28. The van der Waals surface area contributed by atoms with Crippen LogP contribution in [0.3, 0.4) is 0 Å². The number of nitrogens with zero attached hydrogens (tertiary/aromatic N) is 1. The summed E-state index contributed by atoms with van der Waals surface area (Å²) in [5.41, 5.74) is 5.02. The highest BCUT2D eigenvalue weighted by Gasteiger charge is 2.13. The average Bonchev–Trinajstić information content (AvgIpc) is 3.00. The molecule has 0 spiro atoms. The van der Waals surface area contributed by atoms with Crippen molar-refractivity contribution < 1.29 is 28.5 Å². The predicted molar refractivity (Wildman–Crippen MR) is 152 cm³/mol. The van der Waals surface area contributed by atoms with Gasteiger partial charge in [-0.05, 0) is 84.3 Å². The standard InChI is InChI=1S/C32H30N2O6/c1-3-19-38-27-16-12-26(13-17-27)32(36)40-29-18-9-24(20-30(29)37-2)21-33-34-31(35)25-10-14-28(15-11-25)39-22-23-7-5-4-6-8-23/h4-18,20-21H,3,19,22H2,1-2H3,(H,34,35). The first-order valence-corrected chi connectivity index (χ1v) is 12.8. The number of benzene rings is 4. The van der Waals surface area contributed by atoms with Gasteiger partial charge < -0.3 is 18.9 Å². The number of methoxy groups -OCH3 is 1. The van der Waals surface area contributed by atoms with Crippen LogP contribution in [0.15, 0.2) is 102 Å². The molecule has 0 unspecified atom stereocenters. The van der Waals surface area contributed by atoms with Gasteiger partial charge in [0.25, 0.3) is 5.91 Å². The molecule has 0 aliphatic rings. The van der Waals surface area contributed by atoms with Crippen molar-refractivity contribution in [3.05, 3.63) is 119 Å². The van der Waals surface area contributed by atoms with Crippen LogP contribution in [0.5, 0.6) is 23.0 Å². The van der Waals surface area contributed by atoms with Gasteiger partial charge in [-0.3, -0.25) is 4.79 Å². The molecule has 0 fully saturated rings. The van der Waals surface area contributed by atoms with E-state index in [1.54, 1.807) is 66.7 Å². The summed E-state index contributed by atoms with van der Waals surface area (Å²) in [5, 5.41) is 4.03. The van der Waals surface area contributed by atoms with Crippen LogP contribution in [0.25, 0.3) is 0 Å². The van der Waals surface area contributed by atoms with E-state index in [9.17, 15) is 9.59 Å². The van der Waals surface area contributed by atoms with Crippen LogP contribution in [0.4, 0.5) is 0 Å². The molecule has 0 aliphatic carbocycles. The Balaban J connectivity index is 1.30. The summed E-state index contributed by atoms with van der Waals surface area (Å²) < 4.78 is 22.2. The van der Waals surface area contributed by atoms with E-state index in [0.29, 0.717) is 47.2 Å². The van der Waals surface area contributed by atoms with Crippen LogP contribution in [-0.2, 0) is 6.61 Å². The van der Waals surface area contributed by atoms with Crippen LogP contribution in [-0.4, -0.2) is 31.8 Å². The summed E-state index contributed by atoms with van der Waals surface area (Å²) in [7, 11) is 1.47. The highest BCUT2D eigenvalue weighted by atomic mass is 16.6. The number of carbonyl (C=O) groups is 2. The monoisotopic (exact) mass is 538 g/mol. The van der Waals surface area contributed by atoms with Gasteiger partial charge in [0.2, 0.25) is 0 Å². The maximum atomic E-state index is 12.6. The summed E-state index contributed by atoms with van der Waals surface area (Å²) in [5.74, 6) is 1.07. The van der Waals surface area contributed by atoms with E-state index in [1.165, 1.54) is 13.3 Å². The zero-order chi connectivity index (χ0) is 28.2. The van der Waals surface area contributed by atoms with Crippen molar-refractivity contribution in [2.45, 2.75) is 20.0 Å². The van der Waals surface area contributed by atoms with Crippen LogP contribution >= 0.6 is 0 Å². The molecule has 0 saturated heterocycles. The Morgan fingerprint density at radius 3 is 2.15 bits per heavy atom. The maximum absolute atomic E-state index is 12.6. The number of rotatable bonds is 12. The second kappa shape index (κ2) is 14.2. The molecule has 0 aliphatic heterocycles. The molecule has 4 aromatic carbocycles. The SMILES string of the molecule is CCCOc1ccc(C(=O)Oc2ccc(C=NNC(=O)c3ccc(OCc4ccccc4)cc3)cc2OC)cc1. The second-order valence-electron chi connectivity index (χ2n) is 8.67. The molecule has 0 saturated carbocycles. The van der Waals surface area contributed by atoms with E-state index >= 15 is 0 Å². The lowest BCUT2D eigenvalue weighted by atomic mass is 10.2. The lowest BCUT2D eigenvalue weighted by Crippen LogP contribution is -2.17. The van der Waals surface area contributed by atoms with Gasteiger partial charge in [-0.2, -0.15) is 5.10 Å². The van der Waals surface area contributed by atoms with Crippen molar-refractivity contribution in [1.29, 1.82) is 0 Å². The predicted octanol–water partition coefficient (Wildman–Crippen LogP) is 6.05. The normalized spacial score (nSPS) is 10.7. The molecule has 0 radical (unpaired) electrons. The second-order valence-corrected chi connectivity index (χ2v) is 8.67. The van der Waals surface area contributed by atoms with E-state index < -0.39 is 5.97 Å². The number of hydrazone groups is 1. The highest BCUT2D eigenvalue weighted by molar-refractivity contribution is 5.95. The van der Waals surface area contributed by atoms with Gasteiger partial charge in [0.05, 0.1) is 25.5 Å². The van der Waals surface area contributed by atoms with Crippen molar-refractivity contribution in [1.82, 2.24) is 5.43 Å². The number of nitrogens with one attached hydrogen (secondary N) is 1. The van der Waals surface area contributed by atoms with Crippen molar-refractivity contribution in [3.8, 4) is 23.0 Å². The van der Waals surface area contributed by atoms with Gasteiger partial charge in [-0.1, -0.05) is 37.3 Å². The molecule has 0 heterocycles. The summed E-state index contributed by atoms with van der Waals surface area (Å²) in [6.45, 7) is 3.08. The number of amides is 1. The zero-order valence-corrected chi connectivity index (χ0v) is 22.3. The van der Waals surface area contributed by atoms with Crippen LogP contribution in [0, 0.1) is 0 Å². The van der Waals surface area contributed by atoms with Crippen LogP contribution in [0.2, 0.25) is 0 Å². The number of hydrogen-bond acceptors (Lipinski definition) is 7. The number of ether oxygens (including phenoxy) is 4. The van der Waals surface area contributed by atoms with Crippen molar-refractivity contribution in [2.75, 3.05) is 13.7 Å². The molecule has 0 atom stereocenters. The Morgan fingerprint density at radius 1 is 0.800 bits per heavy atom. The summed E-state index contributed by atoms with van der Waals surface area (Å²) >= 11 is 0. The smallest absolute Gasteiger partial charge is 0.343 e. The van der Waals surface area contributed by atoms with Gasteiger partial charge in [-0.25, -0.2) is 10.2 Å². The fourth-order valence-corrected chi connectivity index (χ4v) is 3.59. The summed E-state index contributed by atoms with van der Waals surface area (Å²) in [4.78, 5) is 25.1. The van der Waals surface area contributed by atoms with Crippen molar-refractivity contribution in [3.63, 3.8) is 0 Å². The minimum Gasteiger partial charge on any atom is -0.494 e. The van der Waals surface area contributed by atoms with Gasteiger partial charge in [-0.15, -0.1) is 0 Å². The minimum absolute atomic E-state index is 0.259. The van der Waals surface area contributed by atoms with E-state index in [-0.39, 0.29) is 11.7 Å². The van der Waals surface area contributed by atoms with Gasteiger partial charge >= 0.3 is 5.97 Å². The maximum Gasteiger partial charge on any atom is 0.343 e. The van der Waals surface area contributed by atoms with E-state index in [4.69, 9.17) is 18.9 Å². The molecule has 4 rings (SSSR count). The summed E-state index contributed by atoms with van der Waals surface area (Å²) in [6.07, 6.45) is 2.37. The average molecular weight is 539 g/mol. The van der Waals surface area contributed by atoms with Crippen LogP contribution < -0.4 is 24.4 Å². The van der Waals surface area contributed by atoms with Gasteiger partial charge in [0.15, 0.2) is 11.5 Å². The van der Waals surface area contributed by atoms with Crippen molar-refractivity contribution >= 4 is 18.1 Å². The third-order valence-corrected chi connectivity index (χ3v) is 5.70. The Hall–Kier alpha value is -5.11. The molecule has 8 heteroatoms. The Kier molecular flexibility index (Phi) is 9.88. The lowest BCUT2D eigenvalue weighted by Gasteiger charge is -2.10. The number of esters is 1. The molecule has 8 nitrogen and oxygen atoms in total. The molecule has 0 bridgehead atoms. The number of hydrogen-bond donors (Lipinski definition) is 1. The molecule has 204 valence electrons. The fraction of sp³-hybridized carbons (Fsp3) is 0.156. The molecular formula is C32H30N2O6. The first-order valence-electron chi connectivity index (χ1n) is 12.8. The quantitative estimate of drug-likeness (QED) is 0.102. The minimum atomic E-state index is -0.523. The van der Waals surface area contributed by atoms with Gasteiger partial charge in [0, 0.05) is 5.56 Å². The molecule has 1 N–H and O–H groups in total. The molecule has 1 amide bonds. The largest absolute Gasteiger partial charge is 0.494 e. The van der Waals surface area contributed by atoms with Crippen LogP contribution in [0.1, 0.15) is 45.2 Å². The van der Waals surface area contributed by atoms with Gasteiger partial charge in [0.1, 0.15) is 18.1 Å². The van der Waals surface area contributed by atoms with E-state index in [0.717, 1.165) is 12.0 Å². The summed E-state index contributed by atoms with van der Waals surface area (Å²) in [6, 6.07) is 28.4. The molecule has 4 aromatic rings. The molecular weight excluding hydrogens is 508 g/mol. The first-order chi connectivity index (χ1) is 19.6. The zero-order valence-electron chi connectivity index (χ0n) is 22.3. The third kappa shape index (κ3) is 7.94.